The maximum absolute atomic E-state index is 6.30. The van der Waals surface area contributed by atoms with Gasteiger partial charge in [0.15, 0.2) is 17.5 Å². The van der Waals surface area contributed by atoms with E-state index in [4.69, 9.17) is 9.47 Å². The Kier molecular flexibility index (Phi) is 7.94. The second-order valence-corrected chi connectivity index (χ2v) is 8.73. The van der Waals surface area contributed by atoms with Gasteiger partial charge in [0.2, 0.25) is 0 Å². The molecule has 0 unspecified atom stereocenters. The zero-order chi connectivity index (χ0) is 19.0. The number of guanidine groups is 1. The highest BCUT2D eigenvalue weighted by molar-refractivity contribution is 7.99. The van der Waals surface area contributed by atoms with Gasteiger partial charge in [0.1, 0.15) is 0 Å². The van der Waals surface area contributed by atoms with Crippen LogP contribution in [0.4, 0.5) is 0 Å². The molecule has 1 saturated carbocycles. The summed E-state index contributed by atoms with van der Waals surface area (Å²) < 4.78 is 12.0. The van der Waals surface area contributed by atoms with Crippen molar-refractivity contribution in [2.45, 2.75) is 56.9 Å². The number of ether oxygens (including phenoxy) is 2. The second kappa shape index (κ2) is 9.95. The molecule has 2 N–H and O–H groups in total. The number of nitrogens with one attached hydrogen (secondary N) is 2. The summed E-state index contributed by atoms with van der Waals surface area (Å²) in [7, 11) is 3.49. The molecule has 1 aromatic carbocycles. The summed E-state index contributed by atoms with van der Waals surface area (Å²) in [5.41, 5.74) is 1.09. The Morgan fingerprint density at radius 3 is 2.62 bits per heavy atom. The third kappa shape index (κ3) is 6.01. The first-order valence-electron chi connectivity index (χ1n) is 9.31. The summed E-state index contributed by atoms with van der Waals surface area (Å²) >= 11 is 1.84. The fourth-order valence-corrected chi connectivity index (χ4v) is 3.15. The van der Waals surface area contributed by atoms with E-state index in [1.54, 1.807) is 14.2 Å². The molecule has 1 fully saturated rings. The van der Waals surface area contributed by atoms with Gasteiger partial charge in [-0.1, -0.05) is 12.1 Å². The van der Waals surface area contributed by atoms with Crippen LogP contribution in [0.5, 0.6) is 11.5 Å². The largest absolute Gasteiger partial charge is 0.493 e. The van der Waals surface area contributed by atoms with Crippen molar-refractivity contribution in [3.05, 3.63) is 23.8 Å². The lowest BCUT2D eigenvalue weighted by molar-refractivity contribution is 0.198. The van der Waals surface area contributed by atoms with Crippen molar-refractivity contribution in [3.8, 4) is 11.5 Å². The number of benzene rings is 1. The molecule has 5 nitrogen and oxygen atoms in total. The first-order chi connectivity index (χ1) is 12.5. The molecule has 0 radical (unpaired) electrons. The van der Waals surface area contributed by atoms with Crippen molar-refractivity contribution in [1.82, 2.24) is 10.6 Å². The maximum atomic E-state index is 6.30. The van der Waals surface area contributed by atoms with Crippen molar-refractivity contribution >= 4 is 17.7 Å². The van der Waals surface area contributed by atoms with E-state index in [0.29, 0.717) is 12.6 Å². The molecule has 26 heavy (non-hydrogen) atoms. The predicted octanol–water partition coefficient (Wildman–Crippen LogP) is 3.82. The first kappa shape index (κ1) is 20.7. The molecule has 2 rings (SSSR count). The van der Waals surface area contributed by atoms with Gasteiger partial charge in [-0.15, -0.1) is 0 Å². The highest BCUT2D eigenvalue weighted by Crippen LogP contribution is 2.34. The summed E-state index contributed by atoms with van der Waals surface area (Å²) in [5, 5.41) is 6.79. The Morgan fingerprint density at radius 2 is 2.00 bits per heavy atom. The van der Waals surface area contributed by atoms with E-state index in [0.717, 1.165) is 42.4 Å². The highest BCUT2D eigenvalue weighted by Gasteiger charge is 2.21. The number of para-hydroxylation sites is 1. The van der Waals surface area contributed by atoms with Crippen molar-refractivity contribution in [2.75, 3.05) is 27.0 Å². The molecule has 0 amide bonds. The summed E-state index contributed by atoms with van der Waals surface area (Å²) in [6.07, 6.45) is 7.16. The molecule has 0 aromatic heterocycles. The van der Waals surface area contributed by atoms with Crippen LogP contribution in [0.2, 0.25) is 0 Å². The third-order valence-electron chi connectivity index (χ3n) is 4.77. The molecule has 1 aliphatic carbocycles. The average molecular weight is 380 g/mol. The summed E-state index contributed by atoms with van der Waals surface area (Å²) in [4.78, 5) is 4.33. The monoisotopic (exact) mass is 379 g/mol. The summed E-state index contributed by atoms with van der Waals surface area (Å²) in [5.74, 6) is 2.44. The fourth-order valence-electron chi connectivity index (χ4n) is 2.94. The maximum Gasteiger partial charge on any atom is 0.191 e. The standard InChI is InChI=1S/C20H33N3O2S/c1-20(2,26-5)14-23-19(21-3)22-13-15-9-8-12-17(24-4)18(15)25-16-10-6-7-11-16/h8-9,12,16H,6-7,10-11,13-14H2,1-5H3,(H2,21,22,23). The Morgan fingerprint density at radius 1 is 1.27 bits per heavy atom. The minimum absolute atomic E-state index is 0.157. The number of hydrogen-bond acceptors (Lipinski definition) is 4. The van der Waals surface area contributed by atoms with E-state index in [1.165, 1.54) is 12.8 Å². The number of rotatable bonds is 8. The van der Waals surface area contributed by atoms with E-state index in [1.807, 2.05) is 23.9 Å². The zero-order valence-corrected chi connectivity index (χ0v) is 17.5. The molecular weight excluding hydrogens is 346 g/mol. The second-order valence-electron chi connectivity index (χ2n) is 7.22. The number of thioether (sulfide) groups is 1. The summed E-state index contributed by atoms with van der Waals surface area (Å²) in [6, 6.07) is 6.05. The molecular formula is C20H33N3O2S. The van der Waals surface area contributed by atoms with Gasteiger partial charge in [-0.2, -0.15) is 11.8 Å². The van der Waals surface area contributed by atoms with Crippen LogP contribution in [-0.2, 0) is 6.54 Å². The Balaban J connectivity index is 2.03. The van der Waals surface area contributed by atoms with E-state index in [9.17, 15) is 0 Å². The Bertz CT molecular complexity index is 599. The van der Waals surface area contributed by atoms with Gasteiger partial charge in [0, 0.05) is 30.4 Å². The first-order valence-corrected chi connectivity index (χ1v) is 10.5. The van der Waals surface area contributed by atoms with Crippen LogP contribution in [0.1, 0.15) is 45.1 Å². The van der Waals surface area contributed by atoms with Crippen LogP contribution in [0.3, 0.4) is 0 Å². The average Bonchev–Trinajstić information content (AvgIpc) is 3.16. The molecule has 1 aromatic rings. The van der Waals surface area contributed by atoms with Crippen LogP contribution >= 0.6 is 11.8 Å². The molecule has 0 saturated heterocycles. The number of aliphatic imine (C=N–C) groups is 1. The quantitative estimate of drug-likeness (QED) is 0.531. The summed E-state index contributed by atoms with van der Waals surface area (Å²) in [6.45, 7) is 5.91. The number of nitrogens with zero attached hydrogens (tertiary/aromatic N) is 1. The molecule has 0 atom stereocenters. The lowest BCUT2D eigenvalue weighted by Crippen LogP contribution is -2.43. The van der Waals surface area contributed by atoms with Gasteiger partial charge in [-0.3, -0.25) is 4.99 Å². The minimum Gasteiger partial charge on any atom is -0.493 e. The van der Waals surface area contributed by atoms with Gasteiger partial charge in [0.05, 0.1) is 13.2 Å². The molecule has 0 aliphatic heterocycles. The van der Waals surface area contributed by atoms with E-state index >= 15 is 0 Å². The van der Waals surface area contributed by atoms with Crippen molar-refractivity contribution < 1.29 is 9.47 Å². The van der Waals surface area contributed by atoms with E-state index < -0.39 is 0 Å². The molecule has 6 heteroatoms. The molecule has 0 bridgehead atoms. The molecule has 146 valence electrons. The molecule has 0 spiro atoms. The number of methoxy groups -OCH3 is 1. The van der Waals surface area contributed by atoms with Gasteiger partial charge in [-0.05, 0) is 51.9 Å². The zero-order valence-electron chi connectivity index (χ0n) is 16.7. The Labute approximate surface area is 162 Å². The van der Waals surface area contributed by atoms with E-state index in [2.05, 4.69) is 41.8 Å². The van der Waals surface area contributed by atoms with Crippen LogP contribution in [0.15, 0.2) is 23.2 Å². The van der Waals surface area contributed by atoms with Crippen LogP contribution in [0, 0.1) is 0 Å². The normalized spacial score (nSPS) is 15.8. The molecule has 1 aliphatic rings. The van der Waals surface area contributed by atoms with Crippen LogP contribution in [-0.4, -0.2) is 43.8 Å². The van der Waals surface area contributed by atoms with Crippen molar-refractivity contribution in [1.29, 1.82) is 0 Å². The topological polar surface area (TPSA) is 54.9 Å². The lowest BCUT2D eigenvalue weighted by Gasteiger charge is -2.24. The predicted molar refractivity (Wildman–Crippen MR) is 112 cm³/mol. The van der Waals surface area contributed by atoms with Crippen LogP contribution in [0.25, 0.3) is 0 Å². The van der Waals surface area contributed by atoms with Gasteiger partial charge < -0.3 is 20.1 Å². The smallest absolute Gasteiger partial charge is 0.191 e. The third-order valence-corrected chi connectivity index (χ3v) is 6.02. The lowest BCUT2D eigenvalue weighted by atomic mass is 10.1. The number of hydrogen-bond donors (Lipinski definition) is 2. The van der Waals surface area contributed by atoms with Crippen LogP contribution < -0.4 is 20.1 Å². The minimum atomic E-state index is 0.157. The Hall–Kier alpha value is -1.56. The van der Waals surface area contributed by atoms with Gasteiger partial charge in [0.25, 0.3) is 0 Å². The van der Waals surface area contributed by atoms with Gasteiger partial charge >= 0.3 is 0 Å². The van der Waals surface area contributed by atoms with Crippen molar-refractivity contribution in [3.63, 3.8) is 0 Å². The highest BCUT2D eigenvalue weighted by atomic mass is 32.2. The fraction of sp³-hybridized carbons (Fsp3) is 0.650. The SMILES string of the molecule is CN=C(NCc1cccc(OC)c1OC1CCCC1)NCC(C)(C)SC. The van der Waals surface area contributed by atoms with Crippen molar-refractivity contribution in [2.24, 2.45) is 4.99 Å². The van der Waals surface area contributed by atoms with E-state index in [-0.39, 0.29) is 4.75 Å². The van der Waals surface area contributed by atoms with Gasteiger partial charge in [-0.25, -0.2) is 0 Å². The molecule has 0 heterocycles.